The SMILES string of the molecule is O=C1CCCCC1=[S+]CC1CCCCC1. The first-order chi connectivity index (χ1) is 7.36. The maximum atomic E-state index is 11.6. The molecule has 15 heavy (non-hydrogen) atoms. The Hall–Kier alpha value is -0.240. The normalized spacial score (nSPS) is 27.2. The van der Waals surface area contributed by atoms with Gasteiger partial charge in [-0.15, -0.1) is 0 Å². The Bertz CT molecular complexity index is 251. The lowest BCUT2D eigenvalue weighted by Crippen LogP contribution is -2.21. The topological polar surface area (TPSA) is 17.1 Å². The van der Waals surface area contributed by atoms with Gasteiger partial charge < -0.3 is 0 Å². The van der Waals surface area contributed by atoms with Crippen LogP contribution in [0.15, 0.2) is 0 Å². The van der Waals surface area contributed by atoms with Crippen LogP contribution in [0.4, 0.5) is 0 Å². The van der Waals surface area contributed by atoms with Gasteiger partial charge >= 0.3 is 0 Å². The average molecular weight is 225 g/mol. The lowest BCUT2D eigenvalue weighted by Gasteiger charge is -2.16. The fourth-order valence-electron chi connectivity index (χ4n) is 2.57. The molecule has 84 valence electrons. The van der Waals surface area contributed by atoms with Gasteiger partial charge in [0.05, 0.1) is 0 Å². The van der Waals surface area contributed by atoms with Crippen molar-refractivity contribution >= 4 is 22.0 Å². The molecular formula is C13H21OS+. The van der Waals surface area contributed by atoms with Gasteiger partial charge in [-0.3, -0.25) is 4.79 Å². The van der Waals surface area contributed by atoms with E-state index in [1.165, 1.54) is 49.1 Å². The maximum absolute atomic E-state index is 11.6. The third kappa shape index (κ3) is 3.37. The van der Waals surface area contributed by atoms with Crippen LogP contribution in [-0.4, -0.2) is 16.4 Å². The third-order valence-electron chi connectivity index (χ3n) is 3.59. The number of ketones is 1. The summed E-state index contributed by atoms with van der Waals surface area (Å²) in [6.07, 6.45) is 11.3. The fourth-order valence-corrected chi connectivity index (χ4v) is 3.90. The highest BCUT2D eigenvalue weighted by Crippen LogP contribution is 2.23. The van der Waals surface area contributed by atoms with Gasteiger partial charge in [-0.2, -0.15) is 0 Å². The van der Waals surface area contributed by atoms with E-state index >= 15 is 0 Å². The van der Waals surface area contributed by atoms with Crippen molar-refractivity contribution in [3.05, 3.63) is 0 Å². The third-order valence-corrected chi connectivity index (χ3v) is 5.01. The molecule has 0 aliphatic heterocycles. The predicted octanol–water partition coefficient (Wildman–Crippen LogP) is 2.96. The van der Waals surface area contributed by atoms with E-state index in [4.69, 9.17) is 0 Å². The van der Waals surface area contributed by atoms with Crippen molar-refractivity contribution in [2.75, 3.05) is 5.75 Å². The second kappa shape index (κ2) is 5.74. The summed E-state index contributed by atoms with van der Waals surface area (Å²) < 4.78 is 0. The second-order valence-corrected chi connectivity index (χ2v) is 5.98. The number of Topliss-reactive ketones (excluding diaryl/α,β-unsaturated/α-hetero) is 1. The van der Waals surface area contributed by atoms with Crippen molar-refractivity contribution in [1.29, 1.82) is 0 Å². The van der Waals surface area contributed by atoms with Crippen molar-refractivity contribution in [1.82, 2.24) is 0 Å². The molecule has 2 heteroatoms. The molecule has 1 nitrogen and oxygen atoms in total. The molecule has 0 bridgehead atoms. The van der Waals surface area contributed by atoms with Crippen LogP contribution in [0.5, 0.6) is 0 Å². The van der Waals surface area contributed by atoms with Crippen LogP contribution in [0.2, 0.25) is 0 Å². The van der Waals surface area contributed by atoms with Crippen LogP contribution in [0, 0.1) is 5.92 Å². The molecule has 2 aliphatic rings. The van der Waals surface area contributed by atoms with E-state index in [1.807, 2.05) is 11.4 Å². The molecular weight excluding hydrogens is 204 g/mol. The predicted molar refractivity (Wildman–Crippen MR) is 67.3 cm³/mol. The highest BCUT2D eigenvalue weighted by atomic mass is 32.1. The molecule has 2 saturated carbocycles. The van der Waals surface area contributed by atoms with Crippen molar-refractivity contribution in [3.8, 4) is 0 Å². The highest BCUT2D eigenvalue weighted by Gasteiger charge is 2.26. The monoisotopic (exact) mass is 225 g/mol. The summed E-state index contributed by atoms with van der Waals surface area (Å²) in [6.45, 7) is 0. The number of carbonyl (C=O) groups excluding carboxylic acids is 1. The maximum Gasteiger partial charge on any atom is 0.243 e. The molecule has 0 amide bonds. The van der Waals surface area contributed by atoms with Gasteiger partial charge in [-0.05, 0) is 25.7 Å². The van der Waals surface area contributed by atoms with Crippen LogP contribution in [0.3, 0.4) is 0 Å². The van der Waals surface area contributed by atoms with E-state index < -0.39 is 0 Å². The molecule has 0 aromatic rings. The number of hydrogen-bond donors (Lipinski definition) is 0. The molecule has 0 unspecified atom stereocenters. The molecule has 0 aromatic carbocycles. The quantitative estimate of drug-likeness (QED) is 0.521. The van der Waals surface area contributed by atoms with Gasteiger partial charge in [0, 0.05) is 18.8 Å². The number of carbonyl (C=O) groups is 1. The summed E-state index contributed by atoms with van der Waals surface area (Å²) in [5, 5.41) is 0. The first-order valence-corrected chi connectivity index (χ1v) is 7.36. The summed E-state index contributed by atoms with van der Waals surface area (Å²) in [4.78, 5) is 12.8. The zero-order valence-corrected chi connectivity index (χ0v) is 10.3. The Balaban J connectivity index is 1.83. The number of hydrogen-bond acceptors (Lipinski definition) is 1. The fraction of sp³-hybridized carbons (Fsp3) is 0.846. The molecule has 0 aromatic heterocycles. The zero-order valence-electron chi connectivity index (χ0n) is 9.46. The average Bonchev–Trinajstić information content (AvgIpc) is 2.29. The van der Waals surface area contributed by atoms with Gasteiger partial charge in [0.1, 0.15) is 0 Å². The summed E-state index contributed by atoms with van der Waals surface area (Å²) in [7, 11) is 0. The second-order valence-electron chi connectivity index (χ2n) is 4.87. The molecule has 2 aliphatic carbocycles. The van der Waals surface area contributed by atoms with Crippen LogP contribution >= 0.6 is 0 Å². The minimum Gasteiger partial charge on any atom is -0.289 e. The molecule has 0 saturated heterocycles. The first-order valence-electron chi connectivity index (χ1n) is 6.38. The van der Waals surface area contributed by atoms with E-state index in [9.17, 15) is 4.79 Å². The van der Waals surface area contributed by atoms with Crippen LogP contribution in [0.1, 0.15) is 57.8 Å². The van der Waals surface area contributed by atoms with Crippen molar-refractivity contribution in [2.45, 2.75) is 57.8 Å². The van der Waals surface area contributed by atoms with E-state index in [1.54, 1.807) is 0 Å². The largest absolute Gasteiger partial charge is 0.289 e. The summed E-state index contributed by atoms with van der Waals surface area (Å²) in [5.74, 6) is 2.55. The minimum atomic E-state index is 0.446. The van der Waals surface area contributed by atoms with Gasteiger partial charge in [0.2, 0.25) is 10.6 Å². The molecule has 0 atom stereocenters. The molecule has 0 N–H and O–H groups in total. The molecule has 2 rings (SSSR count). The van der Waals surface area contributed by atoms with Crippen LogP contribution in [0.25, 0.3) is 0 Å². The lowest BCUT2D eigenvalue weighted by molar-refractivity contribution is -0.113. The van der Waals surface area contributed by atoms with E-state index in [-0.39, 0.29) is 0 Å². The number of rotatable bonds is 2. The van der Waals surface area contributed by atoms with Gasteiger partial charge in [0.25, 0.3) is 0 Å². The van der Waals surface area contributed by atoms with E-state index in [0.29, 0.717) is 5.78 Å². The Morgan fingerprint density at radius 3 is 2.47 bits per heavy atom. The van der Waals surface area contributed by atoms with E-state index in [0.717, 1.165) is 25.2 Å². The van der Waals surface area contributed by atoms with Crippen LogP contribution < -0.4 is 0 Å². The Morgan fingerprint density at radius 1 is 1.00 bits per heavy atom. The minimum absolute atomic E-state index is 0.446. The Labute approximate surface area is 96.6 Å². The standard InChI is InChI=1S/C13H21OS/c14-12-8-4-5-9-13(12)15-10-11-6-2-1-3-7-11/h11H,1-10H2/q+1. The molecule has 2 fully saturated rings. The van der Waals surface area contributed by atoms with E-state index in [2.05, 4.69) is 0 Å². The van der Waals surface area contributed by atoms with Crippen molar-refractivity contribution in [3.63, 3.8) is 0 Å². The molecule has 0 heterocycles. The Morgan fingerprint density at radius 2 is 1.73 bits per heavy atom. The molecule has 0 radical (unpaired) electrons. The summed E-state index contributed by atoms with van der Waals surface area (Å²) in [5.41, 5.74) is 0. The van der Waals surface area contributed by atoms with Gasteiger partial charge in [-0.1, -0.05) is 19.3 Å². The zero-order chi connectivity index (χ0) is 10.5. The highest BCUT2D eigenvalue weighted by molar-refractivity contribution is 7.80. The lowest BCUT2D eigenvalue weighted by atomic mass is 9.91. The summed E-state index contributed by atoms with van der Waals surface area (Å²) >= 11 is 1.88. The van der Waals surface area contributed by atoms with Gasteiger partial charge in [0.15, 0.2) is 17.1 Å². The van der Waals surface area contributed by atoms with Crippen molar-refractivity contribution < 1.29 is 4.79 Å². The van der Waals surface area contributed by atoms with Gasteiger partial charge in [-0.25, -0.2) is 0 Å². The Kier molecular flexibility index (Phi) is 4.30. The first kappa shape index (κ1) is 11.3. The van der Waals surface area contributed by atoms with Crippen LogP contribution in [-0.2, 0) is 16.1 Å². The summed E-state index contributed by atoms with van der Waals surface area (Å²) in [6, 6.07) is 0. The molecule has 0 spiro atoms. The van der Waals surface area contributed by atoms with Crippen molar-refractivity contribution in [2.24, 2.45) is 5.92 Å². The smallest absolute Gasteiger partial charge is 0.243 e.